The van der Waals surface area contributed by atoms with Crippen molar-refractivity contribution in [2.75, 3.05) is 5.32 Å². The minimum atomic E-state index is -1.11. The third-order valence-corrected chi connectivity index (χ3v) is 3.71. The summed E-state index contributed by atoms with van der Waals surface area (Å²) in [4.78, 5) is 23.3. The van der Waals surface area contributed by atoms with Gasteiger partial charge in [0.2, 0.25) is 0 Å². The van der Waals surface area contributed by atoms with Crippen LogP contribution in [0.5, 0.6) is 0 Å². The molecule has 0 spiro atoms. The van der Waals surface area contributed by atoms with E-state index in [1.54, 1.807) is 30.3 Å². The van der Waals surface area contributed by atoms with E-state index in [9.17, 15) is 14.7 Å². The molecule has 0 fully saturated rings. The van der Waals surface area contributed by atoms with Gasteiger partial charge in [-0.25, -0.2) is 4.79 Å². The molecule has 1 amide bonds. The highest BCUT2D eigenvalue weighted by molar-refractivity contribution is 9.10. The van der Waals surface area contributed by atoms with Gasteiger partial charge in [-0.3, -0.25) is 10.1 Å². The molecule has 2 aromatic carbocycles. The number of aromatic carboxylic acids is 1. The number of rotatable bonds is 3. The van der Waals surface area contributed by atoms with Gasteiger partial charge in [0.05, 0.1) is 11.3 Å². The van der Waals surface area contributed by atoms with Gasteiger partial charge in [-0.1, -0.05) is 33.6 Å². The molecule has 118 valence electrons. The second-order valence-electron chi connectivity index (χ2n) is 4.41. The van der Waals surface area contributed by atoms with Crippen LogP contribution in [0.25, 0.3) is 0 Å². The lowest BCUT2D eigenvalue weighted by atomic mass is 10.2. The Labute approximate surface area is 150 Å². The SMILES string of the molecule is O=C(NC(=S)Nc1ccc(Br)cc1C(=O)O)c1cccc(Cl)c1. The van der Waals surface area contributed by atoms with Crippen molar-refractivity contribution in [3.05, 3.63) is 63.1 Å². The molecule has 0 unspecified atom stereocenters. The quantitative estimate of drug-likeness (QED) is 0.665. The van der Waals surface area contributed by atoms with E-state index in [-0.39, 0.29) is 16.4 Å². The molecule has 0 aliphatic rings. The first-order chi connectivity index (χ1) is 10.9. The van der Waals surface area contributed by atoms with Crippen LogP contribution in [0.3, 0.4) is 0 Å². The smallest absolute Gasteiger partial charge is 0.337 e. The number of halogens is 2. The molecule has 3 N–H and O–H groups in total. The first-order valence-corrected chi connectivity index (χ1v) is 7.85. The Kier molecular flexibility index (Phi) is 5.70. The van der Waals surface area contributed by atoms with Crippen LogP contribution in [0.4, 0.5) is 5.69 Å². The Balaban J connectivity index is 2.11. The van der Waals surface area contributed by atoms with E-state index in [4.69, 9.17) is 23.8 Å². The van der Waals surface area contributed by atoms with Crippen LogP contribution in [0.15, 0.2) is 46.9 Å². The van der Waals surface area contributed by atoms with Crippen LogP contribution in [0.2, 0.25) is 5.02 Å². The zero-order valence-electron chi connectivity index (χ0n) is 11.5. The maximum atomic E-state index is 12.0. The van der Waals surface area contributed by atoms with Crippen LogP contribution in [-0.2, 0) is 0 Å². The normalized spacial score (nSPS) is 10.0. The average Bonchev–Trinajstić information content (AvgIpc) is 2.48. The van der Waals surface area contributed by atoms with Gasteiger partial charge in [0.15, 0.2) is 5.11 Å². The lowest BCUT2D eigenvalue weighted by Crippen LogP contribution is -2.34. The van der Waals surface area contributed by atoms with Gasteiger partial charge in [0, 0.05) is 15.1 Å². The van der Waals surface area contributed by atoms with E-state index >= 15 is 0 Å². The van der Waals surface area contributed by atoms with Crippen LogP contribution in [0, 0.1) is 0 Å². The monoisotopic (exact) mass is 412 g/mol. The zero-order valence-corrected chi connectivity index (χ0v) is 14.6. The molecule has 0 bridgehead atoms. The Morgan fingerprint density at radius 3 is 2.57 bits per heavy atom. The van der Waals surface area contributed by atoms with Gasteiger partial charge < -0.3 is 10.4 Å². The topological polar surface area (TPSA) is 78.4 Å². The molecule has 2 rings (SSSR count). The Hall–Kier alpha value is -1.96. The van der Waals surface area contributed by atoms with Crippen LogP contribution >= 0.6 is 39.7 Å². The second kappa shape index (κ2) is 7.54. The molecular formula is C15H10BrClN2O3S. The van der Waals surface area contributed by atoms with E-state index in [1.807, 2.05) is 0 Å². The molecule has 0 aliphatic carbocycles. The van der Waals surface area contributed by atoms with Gasteiger partial charge in [-0.05, 0) is 48.6 Å². The Morgan fingerprint density at radius 1 is 1.17 bits per heavy atom. The van der Waals surface area contributed by atoms with Crippen molar-refractivity contribution in [2.24, 2.45) is 0 Å². The minimum Gasteiger partial charge on any atom is -0.478 e. The number of hydrogen-bond donors (Lipinski definition) is 3. The first kappa shape index (κ1) is 17.4. The van der Waals surface area contributed by atoms with Crippen molar-refractivity contribution in [2.45, 2.75) is 0 Å². The highest BCUT2D eigenvalue weighted by atomic mass is 79.9. The number of hydrogen-bond acceptors (Lipinski definition) is 3. The summed E-state index contributed by atoms with van der Waals surface area (Å²) in [6.07, 6.45) is 0. The maximum absolute atomic E-state index is 12.0. The summed E-state index contributed by atoms with van der Waals surface area (Å²) in [5, 5.41) is 14.8. The van der Waals surface area contributed by atoms with Crippen molar-refractivity contribution in [3.8, 4) is 0 Å². The fourth-order valence-corrected chi connectivity index (χ4v) is 2.52. The van der Waals surface area contributed by atoms with Gasteiger partial charge in [0.25, 0.3) is 5.91 Å². The molecule has 0 atom stereocenters. The number of benzene rings is 2. The molecule has 0 aromatic heterocycles. The number of thiocarbonyl (C=S) groups is 1. The van der Waals surface area contributed by atoms with Gasteiger partial charge in [0.1, 0.15) is 0 Å². The van der Waals surface area contributed by atoms with E-state index in [0.717, 1.165) is 0 Å². The zero-order chi connectivity index (χ0) is 17.0. The van der Waals surface area contributed by atoms with E-state index < -0.39 is 11.9 Å². The third kappa shape index (κ3) is 4.75. The number of nitrogens with one attached hydrogen (secondary N) is 2. The predicted molar refractivity (Wildman–Crippen MR) is 96.2 cm³/mol. The summed E-state index contributed by atoms with van der Waals surface area (Å²) >= 11 is 14.1. The summed E-state index contributed by atoms with van der Waals surface area (Å²) in [7, 11) is 0. The fraction of sp³-hybridized carbons (Fsp3) is 0. The highest BCUT2D eigenvalue weighted by Gasteiger charge is 2.13. The number of carboxylic acids is 1. The van der Waals surface area contributed by atoms with Crippen LogP contribution in [0.1, 0.15) is 20.7 Å². The predicted octanol–water partition coefficient (Wildman–Crippen LogP) is 3.93. The Morgan fingerprint density at radius 2 is 1.91 bits per heavy atom. The van der Waals surface area contributed by atoms with Gasteiger partial charge in [-0.2, -0.15) is 0 Å². The number of carbonyl (C=O) groups excluding carboxylic acids is 1. The number of carbonyl (C=O) groups is 2. The van der Waals surface area contributed by atoms with Gasteiger partial charge >= 0.3 is 5.97 Å². The number of carboxylic acid groups (broad SMARTS) is 1. The number of anilines is 1. The summed E-state index contributed by atoms with van der Waals surface area (Å²) in [6.45, 7) is 0. The lowest BCUT2D eigenvalue weighted by Gasteiger charge is -2.12. The highest BCUT2D eigenvalue weighted by Crippen LogP contribution is 2.21. The van der Waals surface area contributed by atoms with Gasteiger partial charge in [-0.15, -0.1) is 0 Å². The molecule has 2 aromatic rings. The molecule has 5 nitrogen and oxygen atoms in total. The van der Waals surface area contributed by atoms with Crippen molar-refractivity contribution < 1.29 is 14.7 Å². The van der Waals surface area contributed by atoms with E-state index in [2.05, 4.69) is 26.6 Å². The summed E-state index contributed by atoms with van der Waals surface area (Å²) in [5.74, 6) is -1.56. The molecule has 0 radical (unpaired) electrons. The molecule has 0 saturated carbocycles. The molecule has 0 saturated heterocycles. The molecular weight excluding hydrogens is 404 g/mol. The van der Waals surface area contributed by atoms with Crippen molar-refractivity contribution in [1.29, 1.82) is 0 Å². The lowest BCUT2D eigenvalue weighted by molar-refractivity contribution is 0.0697. The van der Waals surface area contributed by atoms with Crippen LogP contribution in [-0.4, -0.2) is 22.1 Å². The van der Waals surface area contributed by atoms with E-state index in [1.165, 1.54) is 12.1 Å². The van der Waals surface area contributed by atoms with Crippen molar-refractivity contribution in [1.82, 2.24) is 5.32 Å². The van der Waals surface area contributed by atoms with Crippen molar-refractivity contribution >= 4 is 62.4 Å². The average molecular weight is 414 g/mol. The summed E-state index contributed by atoms with van der Waals surface area (Å²) in [5.41, 5.74) is 0.645. The molecule has 0 heterocycles. The fourth-order valence-electron chi connectivity index (χ4n) is 1.76. The maximum Gasteiger partial charge on any atom is 0.337 e. The van der Waals surface area contributed by atoms with E-state index in [0.29, 0.717) is 15.1 Å². The standard InChI is InChI=1S/C15H10BrClN2O3S/c16-9-4-5-12(11(7-9)14(21)22)18-15(23)19-13(20)8-2-1-3-10(17)6-8/h1-7H,(H,21,22)(H2,18,19,20,23). The number of amides is 1. The van der Waals surface area contributed by atoms with Crippen LogP contribution < -0.4 is 10.6 Å². The molecule has 0 aliphatic heterocycles. The Bertz CT molecular complexity index is 798. The molecule has 8 heteroatoms. The van der Waals surface area contributed by atoms with Crippen molar-refractivity contribution in [3.63, 3.8) is 0 Å². The third-order valence-electron chi connectivity index (χ3n) is 2.77. The molecule has 23 heavy (non-hydrogen) atoms. The largest absolute Gasteiger partial charge is 0.478 e. The second-order valence-corrected chi connectivity index (χ2v) is 6.17. The summed E-state index contributed by atoms with van der Waals surface area (Å²) in [6, 6.07) is 11.0. The first-order valence-electron chi connectivity index (χ1n) is 6.27. The minimum absolute atomic E-state index is 0.0141. The summed E-state index contributed by atoms with van der Waals surface area (Å²) < 4.78 is 0.620.